The van der Waals surface area contributed by atoms with Gasteiger partial charge in [-0.15, -0.1) is 5.48 Å². The Morgan fingerprint density at radius 2 is 1.74 bits per heavy atom. The van der Waals surface area contributed by atoms with Crippen LogP contribution in [0.5, 0.6) is 0 Å². The second kappa shape index (κ2) is 8.38. The molecule has 118 valence electrons. The number of amides is 1. The van der Waals surface area contributed by atoms with Gasteiger partial charge in [-0.2, -0.15) is 0 Å². The Balaban J connectivity index is 1.69. The molecule has 0 spiro atoms. The van der Waals surface area contributed by atoms with Gasteiger partial charge in [0.1, 0.15) is 6.61 Å². The van der Waals surface area contributed by atoms with Gasteiger partial charge in [0.25, 0.3) is 0 Å². The van der Waals surface area contributed by atoms with Crippen LogP contribution in [0.15, 0.2) is 60.7 Å². The minimum absolute atomic E-state index is 0.0720. The van der Waals surface area contributed by atoms with E-state index in [1.807, 2.05) is 42.7 Å². The summed E-state index contributed by atoms with van der Waals surface area (Å²) in [5.41, 5.74) is 4.47. The molecule has 0 atom stereocenters. The van der Waals surface area contributed by atoms with E-state index >= 15 is 0 Å². The van der Waals surface area contributed by atoms with Gasteiger partial charge in [-0.05, 0) is 30.7 Å². The standard InChI is InChI=1S/C18H17NO4/c1-14-9-11-15(12-10-14)6-5-13-22-18(21)19-23-17(20)16-7-3-2-4-8-16/h2-12H,13H2,1H3,(H,19,21)/b6-5+. The van der Waals surface area contributed by atoms with E-state index in [2.05, 4.69) is 4.84 Å². The quantitative estimate of drug-likeness (QED) is 0.878. The Bertz CT molecular complexity index is 678. The van der Waals surface area contributed by atoms with Gasteiger partial charge >= 0.3 is 12.1 Å². The maximum atomic E-state index is 11.6. The lowest BCUT2D eigenvalue weighted by Crippen LogP contribution is -2.27. The fraction of sp³-hybridized carbons (Fsp3) is 0.111. The zero-order valence-electron chi connectivity index (χ0n) is 12.7. The fourth-order valence-electron chi connectivity index (χ4n) is 1.74. The van der Waals surface area contributed by atoms with Gasteiger partial charge in [0.05, 0.1) is 5.56 Å². The summed E-state index contributed by atoms with van der Waals surface area (Å²) in [6.45, 7) is 2.08. The molecule has 23 heavy (non-hydrogen) atoms. The lowest BCUT2D eigenvalue weighted by molar-refractivity contribution is 0.0223. The van der Waals surface area contributed by atoms with E-state index in [-0.39, 0.29) is 6.61 Å². The van der Waals surface area contributed by atoms with Crippen molar-refractivity contribution in [3.05, 3.63) is 77.4 Å². The lowest BCUT2D eigenvalue weighted by Gasteiger charge is -2.05. The number of aryl methyl sites for hydroxylation is 1. The van der Waals surface area contributed by atoms with E-state index in [4.69, 9.17) is 4.74 Å². The van der Waals surface area contributed by atoms with Crippen LogP contribution in [0.1, 0.15) is 21.5 Å². The third-order valence-electron chi connectivity index (χ3n) is 2.93. The third-order valence-corrected chi connectivity index (χ3v) is 2.93. The maximum absolute atomic E-state index is 11.6. The summed E-state index contributed by atoms with van der Waals surface area (Å²) in [6.07, 6.45) is 2.70. The molecule has 2 aromatic rings. The maximum Gasteiger partial charge on any atom is 0.441 e. The van der Waals surface area contributed by atoms with E-state index in [0.717, 1.165) is 5.56 Å². The molecule has 0 unspecified atom stereocenters. The molecular formula is C18H17NO4. The predicted molar refractivity (Wildman–Crippen MR) is 86.6 cm³/mol. The second-order valence-corrected chi connectivity index (χ2v) is 4.77. The Labute approximate surface area is 134 Å². The van der Waals surface area contributed by atoms with E-state index in [1.54, 1.807) is 36.4 Å². The summed E-state index contributed by atoms with van der Waals surface area (Å²) in [4.78, 5) is 27.6. The molecule has 0 aliphatic carbocycles. The van der Waals surface area contributed by atoms with Gasteiger partial charge < -0.3 is 9.57 Å². The third kappa shape index (κ3) is 5.67. The number of rotatable bonds is 4. The number of benzene rings is 2. The van der Waals surface area contributed by atoms with E-state index in [9.17, 15) is 9.59 Å². The van der Waals surface area contributed by atoms with Crippen molar-refractivity contribution in [1.29, 1.82) is 0 Å². The van der Waals surface area contributed by atoms with Crippen LogP contribution in [0.2, 0.25) is 0 Å². The van der Waals surface area contributed by atoms with Gasteiger partial charge in [0.15, 0.2) is 0 Å². The molecule has 0 heterocycles. The molecule has 0 aliphatic rings. The number of hydrogen-bond acceptors (Lipinski definition) is 4. The van der Waals surface area contributed by atoms with E-state index < -0.39 is 12.1 Å². The molecule has 5 heteroatoms. The first-order chi connectivity index (χ1) is 11.1. The van der Waals surface area contributed by atoms with Gasteiger partial charge in [-0.1, -0.05) is 54.1 Å². The Morgan fingerprint density at radius 3 is 2.43 bits per heavy atom. The van der Waals surface area contributed by atoms with Gasteiger partial charge in [0, 0.05) is 0 Å². The summed E-state index contributed by atoms with van der Waals surface area (Å²) in [7, 11) is 0. The Morgan fingerprint density at radius 1 is 1.04 bits per heavy atom. The van der Waals surface area contributed by atoms with Crippen LogP contribution in [0, 0.1) is 6.92 Å². The van der Waals surface area contributed by atoms with Gasteiger partial charge in [0.2, 0.25) is 0 Å². The first kappa shape index (κ1) is 16.3. The van der Waals surface area contributed by atoms with Crippen molar-refractivity contribution in [2.24, 2.45) is 0 Å². The van der Waals surface area contributed by atoms with Crippen molar-refractivity contribution >= 4 is 18.1 Å². The normalized spacial score (nSPS) is 10.3. The molecule has 5 nitrogen and oxygen atoms in total. The topological polar surface area (TPSA) is 64.6 Å². The van der Waals surface area contributed by atoms with Crippen LogP contribution in [-0.4, -0.2) is 18.7 Å². The molecule has 0 saturated heterocycles. The predicted octanol–water partition coefficient (Wildman–Crippen LogP) is 3.51. The van der Waals surface area contributed by atoms with E-state index in [0.29, 0.717) is 5.56 Å². The molecule has 0 fully saturated rings. The first-order valence-electron chi connectivity index (χ1n) is 7.07. The Hall–Kier alpha value is -3.08. The SMILES string of the molecule is Cc1ccc(/C=C/COC(=O)NOC(=O)c2ccccc2)cc1. The minimum Gasteiger partial charge on any atom is -0.443 e. The molecule has 1 amide bonds. The number of carbonyl (C=O) groups is 2. The number of ether oxygens (including phenoxy) is 1. The molecule has 0 aliphatic heterocycles. The molecule has 2 aromatic carbocycles. The zero-order chi connectivity index (χ0) is 16.5. The van der Waals surface area contributed by atoms with Crippen molar-refractivity contribution in [2.75, 3.05) is 6.61 Å². The summed E-state index contributed by atoms with van der Waals surface area (Å²) < 4.78 is 4.86. The highest BCUT2D eigenvalue weighted by atomic mass is 16.7. The van der Waals surface area contributed by atoms with Crippen LogP contribution in [-0.2, 0) is 9.57 Å². The van der Waals surface area contributed by atoms with Crippen molar-refractivity contribution in [1.82, 2.24) is 5.48 Å². The number of hydrogen-bond donors (Lipinski definition) is 1. The van der Waals surface area contributed by atoms with Crippen LogP contribution < -0.4 is 5.48 Å². The highest BCUT2D eigenvalue weighted by molar-refractivity contribution is 5.89. The summed E-state index contributed by atoms with van der Waals surface area (Å²) in [5.74, 6) is -0.655. The number of hydroxylamine groups is 1. The minimum atomic E-state index is -0.831. The zero-order valence-corrected chi connectivity index (χ0v) is 12.7. The average Bonchev–Trinajstić information content (AvgIpc) is 2.59. The van der Waals surface area contributed by atoms with Crippen molar-refractivity contribution < 1.29 is 19.2 Å². The van der Waals surface area contributed by atoms with Crippen molar-refractivity contribution in [2.45, 2.75) is 6.92 Å². The highest BCUT2D eigenvalue weighted by Gasteiger charge is 2.09. The number of carbonyl (C=O) groups excluding carboxylic acids is 2. The molecule has 0 aromatic heterocycles. The molecule has 2 rings (SSSR count). The van der Waals surface area contributed by atoms with Crippen LogP contribution in [0.4, 0.5) is 4.79 Å². The van der Waals surface area contributed by atoms with Gasteiger partial charge in [-0.3, -0.25) is 0 Å². The largest absolute Gasteiger partial charge is 0.443 e. The highest BCUT2D eigenvalue weighted by Crippen LogP contribution is 2.04. The molecule has 0 radical (unpaired) electrons. The average molecular weight is 311 g/mol. The van der Waals surface area contributed by atoms with Crippen LogP contribution in [0.25, 0.3) is 6.08 Å². The monoisotopic (exact) mass is 311 g/mol. The van der Waals surface area contributed by atoms with Crippen molar-refractivity contribution in [3.8, 4) is 0 Å². The Kier molecular flexibility index (Phi) is 5.94. The second-order valence-electron chi connectivity index (χ2n) is 4.77. The van der Waals surface area contributed by atoms with E-state index in [1.165, 1.54) is 5.56 Å². The molecular weight excluding hydrogens is 294 g/mol. The summed E-state index contributed by atoms with van der Waals surface area (Å²) in [5, 5.41) is 0. The summed E-state index contributed by atoms with van der Waals surface area (Å²) in [6, 6.07) is 16.3. The molecule has 0 saturated carbocycles. The fourth-order valence-corrected chi connectivity index (χ4v) is 1.74. The smallest absolute Gasteiger partial charge is 0.441 e. The molecule has 1 N–H and O–H groups in total. The van der Waals surface area contributed by atoms with Crippen LogP contribution >= 0.6 is 0 Å². The van der Waals surface area contributed by atoms with Crippen molar-refractivity contribution in [3.63, 3.8) is 0 Å². The van der Waals surface area contributed by atoms with Gasteiger partial charge in [-0.25, -0.2) is 9.59 Å². The first-order valence-corrected chi connectivity index (χ1v) is 7.07. The lowest BCUT2D eigenvalue weighted by atomic mass is 10.1. The van der Waals surface area contributed by atoms with Crippen LogP contribution in [0.3, 0.4) is 0 Å². The molecule has 0 bridgehead atoms. The number of nitrogens with one attached hydrogen (secondary N) is 1. The summed E-state index contributed by atoms with van der Waals surface area (Å²) >= 11 is 0.